The minimum Gasteiger partial charge on any atom is -1.00 e. The van der Waals surface area contributed by atoms with Crippen LogP contribution in [0.5, 0.6) is 0 Å². The molecule has 112 heavy (non-hydrogen) atoms. The SMILES string of the molecule is C1CCOC1.CC(=O)C=C1CC2(CCN(C(=O)OC(C)(C)C)CC2)C1.CC(=O)CC1CC2(CCN(C(=O)OC(C)(C)C)CC2)C1.CC(C)(C)OC(=O)N1CCC2(CC1)CC(=O)C2.CC(C)(C)OC(=O)N1CCC2(CC1)CC(CCBr)C2.CC(C)(C)OC(=O)N1CCC2(CC1)CC(CCO)C2.CCOC(=O)CP(C)(C)=O.[B].[H-].[Li+]. The fourth-order valence-corrected chi connectivity index (χ4v) is 18.6. The Morgan fingerprint density at radius 2 is 0.768 bits per heavy atom. The fraction of sp³-hybridized carbons (Fsp3) is 0.871. The Kier molecular flexibility index (Phi) is 40.1. The standard InChI is InChI=1S/C16H27NO3.C16H25NO3.C15H26BrNO2.C15H27NO3.C13H21NO3.C6H13O3P.C4H8O.B.Li.H/c2*1-12(18)9-13-10-16(11-13)5-7-17(8-6-16)14(19)20-15(2,3)4;1-14(2,3)19-13(18)17-8-5-15(6-9-17)10-12(11-15)4-7-16;1-14(2,3)19-13(18)16-7-5-15(6-8-16)10-12(11-15)4-9-17;1-12(2,3)17-11(16)14-6-4-13(5-7-14)8-10(15)9-13;1-4-9-6(7)5-10(2,3)8;1-2-4-5-3-1;;;/h13H,5-11H2,1-4H3;9H,5-8,10-11H2,1-4H3;12H,4-11H2,1-3H3;12,17H,4-11H2,1-3H3;4-9H2,1-3H3;4-5H2,1-3H3;1-4H2;;;/q;;;;;;;;+1;-1. The molecule has 27 heteroatoms. The minimum atomic E-state index is -2.23. The Morgan fingerprint density at radius 3 is 0.991 bits per heavy atom. The van der Waals surface area contributed by atoms with Crippen molar-refractivity contribution in [2.75, 3.05) is 117 Å². The van der Waals surface area contributed by atoms with E-state index in [1.165, 1.54) is 50.5 Å². The van der Waals surface area contributed by atoms with Crippen molar-refractivity contribution in [1.82, 2.24) is 24.5 Å². The first-order chi connectivity index (χ1) is 50.8. The summed E-state index contributed by atoms with van der Waals surface area (Å²) in [4.78, 5) is 113. The van der Waals surface area contributed by atoms with Gasteiger partial charge in [0, 0.05) is 118 Å². The van der Waals surface area contributed by atoms with Gasteiger partial charge in [-0.05, 0) is 330 Å². The largest absolute Gasteiger partial charge is 1.00 e. The molecule has 5 aliphatic carbocycles. The zero-order valence-electron chi connectivity index (χ0n) is 74.3. The predicted octanol–water partition coefficient (Wildman–Crippen LogP) is 14.8. The van der Waals surface area contributed by atoms with Crippen LogP contribution in [0.2, 0.25) is 0 Å². The van der Waals surface area contributed by atoms with Crippen LogP contribution in [-0.4, -0.2) is 237 Å². The molecule has 637 valence electrons. The summed E-state index contributed by atoms with van der Waals surface area (Å²) in [6, 6.07) is 0. The molecule has 6 aliphatic heterocycles. The summed E-state index contributed by atoms with van der Waals surface area (Å²) in [5.74, 6) is 2.65. The van der Waals surface area contributed by atoms with E-state index in [1.807, 2.05) is 123 Å². The fourth-order valence-electron chi connectivity index (χ4n) is 17.3. The van der Waals surface area contributed by atoms with E-state index in [9.17, 15) is 47.7 Å². The van der Waals surface area contributed by atoms with E-state index in [0.29, 0.717) is 58.3 Å². The number of carbonyl (C=O) groups is 9. The van der Waals surface area contributed by atoms with Gasteiger partial charge in [-0.1, -0.05) is 21.5 Å². The third kappa shape index (κ3) is 36.8. The van der Waals surface area contributed by atoms with Crippen LogP contribution >= 0.6 is 23.1 Å². The average molecular weight is 1660 g/mol. The van der Waals surface area contributed by atoms with E-state index in [0.717, 1.165) is 205 Å². The van der Waals surface area contributed by atoms with Crippen LogP contribution in [0.4, 0.5) is 24.0 Å². The van der Waals surface area contributed by atoms with Crippen LogP contribution < -0.4 is 18.9 Å². The maximum absolute atomic E-state index is 12.0. The number of Topliss-reactive ketones (excluding diaryl/α,β-unsaturated/α-hetero) is 2. The Hall–Kier alpha value is -4.14. The van der Waals surface area contributed by atoms with Gasteiger partial charge in [0.25, 0.3) is 0 Å². The van der Waals surface area contributed by atoms with Gasteiger partial charge in [-0.15, -0.1) is 0 Å². The number of esters is 1. The molecule has 6 saturated heterocycles. The molecule has 3 radical (unpaired) electrons. The van der Waals surface area contributed by atoms with E-state index in [1.54, 1.807) is 45.1 Å². The first-order valence-corrected chi connectivity index (χ1v) is 45.3. The van der Waals surface area contributed by atoms with Crippen LogP contribution in [-0.2, 0) is 56.9 Å². The smallest absolute Gasteiger partial charge is 1.00 e. The molecular formula is C85H148BBrLiN5O18P. The number of aliphatic hydroxyl groups excluding tert-OH is 1. The second kappa shape index (κ2) is 44.1. The first kappa shape index (κ1) is 102. The summed E-state index contributed by atoms with van der Waals surface area (Å²) in [6.07, 6.45) is 27.9. The van der Waals surface area contributed by atoms with Crippen LogP contribution in [0.3, 0.4) is 0 Å². The molecule has 5 spiro atoms. The molecule has 0 atom stereocenters. The van der Waals surface area contributed by atoms with Crippen LogP contribution in [0.1, 0.15) is 287 Å². The number of rotatable bonds is 10. The Morgan fingerprint density at radius 1 is 0.491 bits per heavy atom. The summed E-state index contributed by atoms with van der Waals surface area (Å²) in [7, 11) is -2.23. The number of ketones is 3. The number of piperidine rings is 5. The monoisotopic (exact) mass is 1650 g/mol. The van der Waals surface area contributed by atoms with Gasteiger partial charge in [0.15, 0.2) is 5.78 Å². The van der Waals surface area contributed by atoms with Crippen molar-refractivity contribution >= 4 is 85.3 Å². The molecule has 11 aliphatic rings. The Bertz CT molecular complexity index is 3000. The number of carbonyl (C=O) groups excluding carboxylic acids is 9. The third-order valence-corrected chi connectivity index (χ3v) is 24.2. The number of amides is 5. The van der Waals surface area contributed by atoms with Gasteiger partial charge in [0.1, 0.15) is 39.6 Å². The van der Waals surface area contributed by atoms with Crippen molar-refractivity contribution in [3.05, 3.63) is 11.6 Å². The van der Waals surface area contributed by atoms with Crippen molar-refractivity contribution in [2.45, 2.75) is 313 Å². The molecule has 11 rings (SSSR count). The molecule has 5 amide bonds. The maximum Gasteiger partial charge on any atom is 1.00 e. The summed E-state index contributed by atoms with van der Waals surface area (Å²) in [6.45, 7) is 47.2. The van der Waals surface area contributed by atoms with Crippen molar-refractivity contribution in [3.8, 4) is 0 Å². The normalized spacial score (nSPS) is 21.8. The molecule has 11 fully saturated rings. The summed E-state index contributed by atoms with van der Waals surface area (Å²) in [5.41, 5.74) is 1.15. The molecule has 23 nitrogen and oxygen atoms in total. The maximum atomic E-state index is 12.0. The summed E-state index contributed by atoms with van der Waals surface area (Å²) < 4.78 is 47.6. The molecule has 0 aromatic rings. The van der Waals surface area contributed by atoms with E-state index in [2.05, 4.69) is 20.7 Å². The molecule has 0 bridgehead atoms. The summed E-state index contributed by atoms with van der Waals surface area (Å²) >= 11 is 3.52. The second-order valence-corrected chi connectivity index (χ2v) is 43.8. The zero-order chi connectivity index (χ0) is 82.5. The minimum absolute atomic E-state index is 0. The quantitative estimate of drug-likeness (QED) is 0.0531. The second-order valence-electron chi connectivity index (χ2n) is 39.6. The number of likely N-dealkylation sites (tertiary alicyclic amines) is 5. The Labute approximate surface area is 698 Å². The Balaban J connectivity index is 0.000000455. The first-order valence-electron chi connectivity index (χ1n) is 41.4. The van der Waals surface area contributed by atoms with Crippen LogP contribution in [0, 0.1) is 44.8 Å². The molecule has 1 N–H and O–H groups in total. The van der Waals surface area contributed by atoms with E-state index in [-0.39, 0.29) is 88.1 Å². The number of alkyl halides is 1. The van der Waals surface area contributed by atoms with E-state index >= 15 is 0 Å². The van der Waals surface area contributed by atoms with Gasteiger partial charge in [-0.25, -0.2) is 24.0 Å². The van der Waals surface area contributed by atoms with Gasteiger partial charge >= 0.3 is 55.3 Å². The molecule has 5 saturated carbocycles. The van der Waals surface area contributed by atoms with Gasteiger partial charge in [0.05, 0.1) is 19.9 Å². The van der Waals surface area contributed by atoms with Crippen molar-refractivity contribution in [3.63, 3.8) is 0 Å². The van der Waals surface area contributed by atoms with E-state index in [4.69, 9.17) is 33.5 Å². The number of allylic oxidation sites excluding steroid dienone is 2. The average Bonchev–Trinajstić information content (AvgIpc) is 1.40. The van der Waals surface area contributed by atoms with Gasteiger partial charge in [0.2, 0.25) is 0 Å². The predicted molar refractivity (Wildman–Crippen MR) is 441 cm³/mol. The molecule has 0 aromatic carbocycles. The van der Waals surface area contributed by atoms with Crippen LogP contribution in [0.25, 0.3) is 0 Å². The topological polar surface area (TPSA) is 272 Å². The number of aliphatic hydroxyl groups is 1. The summed E-state index contributed by atoms with van der Waals surface area (Å²) in [5, 5.41) is 10.1. The molecule has 6 heterocycles. The molecule has 0 unspecified atom stereocenters. The number of hydrogen-bond acceptors (Lipinski definition) is 18. The third-order valence-electron chi connectivity index (χ3n) is 22.7. The van der Waals surface area contributed by atoms with Crippen molar-refractivity contribution in [1.29, 1.82) is 0 Å². The zero-order valence-corrected chi connectivity index (χ0v) is 75.8. The molecular weight excluding hydrogens is 1510 g/mol. The van der Waals surface area contributed by atoms with Gasteiger partial charge < -0.3 is 73.6 Å². The van der Waals surface area contributed by atoms with Crippen molar-refractivity contribution < 1.29 is 106 Å². The van der Waals surface area contributed by atoms with Crippen LogP contribution in [0.15, 0.2) is 11.6 Å². The molecule has 0 aromatic heterocycles. The van der Waals surface area contributed by atoms with E-state index < -0.39 is 29.5 Å². The number of ether oxygens (including phenoxy) is 7. The van der Waals surface area contributed by atoms with Gasteiger partial charge in [-0.3, -0.25) is 14.4 Å². The van der Waals surface area contributed by atoms with Crippen molar-refractivity contribution in [2.24, 2.45) is 44.8 Å². The number of nitrogens with zero attached hydrogens (tertiary/aromatic N) is 5. The van der Waals surface area contributed by atoms with Gasteiger partial charge in [-0.2, -0.15) is 0 Å². The number of halogens is 1. The number of hydrogen-bond donors (Lipinski definition) is 1.